The van der Waals surface area contributed by atoms with Gasteiger partial charge in [-0.1, -0.05) is 55.1 Å². The summed E-state index contributed by atoms with van der Waals surface area (Å²) in [5, 5.41) is 14.5. The Kier molecular flexibility index (Phi) is 8.36. The fourth-order valence-corrected chi connectivity index (χ4v) is 3.82. The zero-order valence-electron chi connectivity index (χ0n) is 18.8. The van der Waals surface area contributed by atoms with Crippen molar-refractivity contribution >= 4 is 33.4 Å². The fourth-order valence-electron chi connectivity index (χ4n) is 3.82. The number of methoxy groups -OCH3 is 1. The number of ether oxygens (including phenoxy) is 1. The first-order valence-corrected chi connectivity index (χ1v) is 10.9. The third-order valence-electron chi connectivity index (χ3n) is 5.47. The van der Waals surface area contributed by atoms with E-state index in [0.29, 0.717) is 44.7 Å². The van der Waals surface area contributed by atoms with Crippen molar-refractivity contribution < 1.29 is 14.3 Å². The van der Waals surface area contributed by atoms with Crippen LogP contribution < -0.4 is 16.0 Å². The Balaban J connectivity index is 1.82. The van der Waals surface area contributed by atoms with Crippen LogP contribution in [-0.4, -0.2) is 38.6 Å². The maximum Gasteiger partial charge on any atom is 0.306 e. The van der Waals surface area contributed by atoms with Gasteiger partial charge in [-0.05, 0) is 39.6 Å². The van der Waals surface area contributed by atoms with Crippen LogP contribution in [0, 0.1) is 0 Å². The van der Waals surface area contributed by atoms with Crippen LogP contribution in [0.1, 0.15) is 24.5 Å². The number of hydrogen-bond donors (Lipinski definition) is 3. The molecule has 0 bridgehead atoms. The molecule has 168 valence electrons. The van der Waals surface area contributed by atoms with Crippen LogP contribution in [0.2, 0.25) is 0 Å². The predicted octanol–water partition coefficient (Wildman–Crippen LogP) is 3.43. The van der Waals surface area contributed by atoms with Crippen LogP contribution >= 0.6 is 0 Å². The first-order valence-electron chi connectivity index (χ1n) is 10.9. The quantitative estimate of drug-likeness (QED) is 0.187. The van der Waals surface area contributed by atoms with Crippen LogP contribution in [-0.2, 0) is 27.4 Å². The molecule has 0 saturated heterocycles. The molecule has 3 aromatic carbocycles. The van der Waals surface area contributed by atoms with Gasteiger partial charge in [-0.2, -0.15) is 0 Å². The van der Waals surface area contributed by atoms with Gasteiger partial charge < -0.3 is 20.7 Å². The molecule has 6 nitrogen and oxygen atoms in total. The van der Waals surface area contributed by atoms with Gasteiger partial charge in [0.1, 0.15) is 0 Å². The topological polar surface area (TPSA) is 79.5 Å². The minimum Gasteiger partial charge on any atom is -0.469 e. The molecule has 3 N–H and O–H groups in total. The Morgan fingerprint density at radius 2 is 1.28 bits per heavy atom. The molecule has 0 radical (unpaired) electrons. The van der Waals surface area contributed by atoms with Gasteiger partial charge in [0.2, 0.25) is 5.91 Å². The lowest BCUT2D eigenvalue weighted by Gasteiger charge is -2.18. The van der Waals surface area contributed by atoms with Crippen molar-refractivity contribution in [3.63, 3.8) is 0 Å². The lowest BCUT2D eigenvalue weighted by molar-refractivity contribution is -0.140. The summed E-state index contributed by atoms with van der Waals surface area (Å²) in [6, 6.07) is 16.8. The summed E-state index contributed by atoms with van der Waals surface area (Å²) in [6.45, 7) is 8.49. The average Bonchev–Trinajstić information content (AvgIpc) is 2.81. The van der Waals surface area contributed by atoms with Crippen molar-refractivity contribution in [2.24, 2.45) is 0 Å². The summed E-state index contributed by atoms with van der Waals surface area (Å²) in [7, 11) is 1.41. The van der Waals surface area contributed by atoms with Crippen LogP contribution in [0.15, 0.2) is 60.7 Å². The zero-order valence-corrected chi connectivity index (χ0v) is 18.8. The van der Waals surface area contributed by atoms with E-state index in [1.807, 2.05) is 0 Å². The summed E-state index contributed by atoms with van der Waals surface area (Å²) < 4.78 is 4.72. The summed E-state index contributed by atoms with van der Waals surface area (Å²) >= 11 is 0. The Bertz CT molecular complexity index is 1070. The molecule has 0 aliphatic carbocycles. The minimum absolute atomic E-state index is 0.119. The molecule has 32 heavy (non-hydrogen) atoms. The second-order valence-corrected chi connectivity index (χ2v) is 7.76. The van der Waals surface area contributed by atoms with E-state index in [-0.39, 0.29) is 11.9 Å². The Hall–Kier alpha value is -3.22. The van der Waals surface area contributed by atoms with Gasteiger partial charge in [-0.25, -0.2) is 0 Å². The molecule has 3 aromatic rings. The molecule has 0 saturated carbocycles. The highest BCUT2D eigenvalue weighted by molar-refractivity contribution is 6.05. The Morgan fingerprint density at radius 3 is 1.72 bits per heavy atom. The number of fused-ring (bicyclic) bond motifs is 2. The first-order chi connectivity index (χ1) is 15.5. The predicted molar refractivity (Wildman–Crippen MR) is 129 cm³/mol. The molecule has 0 unspecified atom stereocenters. The molecule has 0 heterocycles. The largest absolute Gasteiger partial charge is 0.469 e. The summed E-state index contributed by atoms with van der Waals surface area (Å²) in [5.41, 5.74) is 2.97. The molecule has 6 heteroatoms. The second-order valence-electron chi connectivity index (χ2n) is 7.76. The highest BCUT2D eigenvalue weighted by atomic mass is 16.5. The number of benzene rings is 3. The van der Waals surface area contributed by atoms with Crippen molar-refractivity contribution in [2.45, 2.75) is 26.4 Å². The molecule has 0 aromatic heterocycles. The monoisotopic (exact) mass is 433 g/mol. The van der Waals surface area contributed by atoms with Crippen LogP contribution in [0.4, 0.5) is 0 Å². The van der Waals surface area contributed by atoms with Gasteiger partial charge in [-0.15, -0.1) is 0 Å². The van der Waals surface area contributed by atoms with Gasteiger partial charge in [0, 0.05) is 38.3 Å². The van der Waals surface area contributed by atoms with E-state index in [0.717, 1.165) is 0 Å². The number of rotatable bonds is 11. The average molecular weight is 434 g/mol. The van der Waals surface area contributed by atoms with Crippen molar-refractivity contribution in [1.29, 1.82) is 0 Å². The highest BCUT2D eigenvalue weighted by Gasteiger charge is 2.13. The van der Waals surface area contributed by atoms with Crippen molar-refractivity contribution in [3.05, 3.63) is 71.8 Å². The third-order valence-corrected chi connectivity index (χ3v) is 5.47. The molecule has 0 aliphatic rings. The Morgan fingerprint density at radius 1 is 0.812 bits per heavy atom. The van der Waals surface area contributed by atoms with Gasteiger partial charge >= 0.3 is 5.97 Å². The maximum atomic E-state index is 11.7. The summed E-state index contributed by atoms with van der Waals surface area (Å²) in [6.07, 6.45) is 0.344. The van der Waals surface area contributed by atoms with Crippen LogP contribution in [0.25, 0.3) is 21.5 Å². The fraction of sp³-hybridized carbons (Fsp3) is 0.308. The Labute approximate surface area is 189 Å². The van der Waals surface area contributed by atoms with Gasteiger partial charge in [0.05, 0.1) is 13.5 Å². The molecule has 0 fully saturated rings. The standard InChI is InChI=1S/C26H31N3O3/c1-18(2)26(31)29-15-14-28-17-24-21-10-6-4-8-19(21)23(16-27-13-12-25(30)32-3)20-9-5-7-11-22(20)24/h4-11,27-28H,1,12-17H2,2-3H3,(H,29,31). The second kappa shape index (κ2) is 11.4. The lowest BCUT2D eigenvalue weighted by atomic mass is 9.91. The van der Waals surface area contributed by atoms with Gasteiger partial charge in [-0.3, -0.25) is 9.59 Å². The van der Waals surface area contributed by atoms with E-state index in [9.17, 15) is 9.59 Å². The number of carbonyl (C=O) groups is 2. The number of carbonyl (C=O) groups excluding carboxylic acids is 2. The SMILES string of the molecule is C=C(C)C(=O)NCCNCc1c2ccccc2c(CNCCC(=O)OC)c2ccccc12. The van der Waals surface area contributed by atoms with Crippen LogP contribution in [0.5, 0.6) is 0 Å². The molecule has 0 aliphatic heterocycles. The van der Waals surface area contributed by atoms with E-state index in [1.54, 1.807) is 6.92 Å². The molecular weight excluding hydrogens is 402 g/mol. The zero-order chi connectivity index (χ0) is 22.9. The highest BCUT2D eigenvalue weighted by Crippen LogP contribution is 2.33. The number of amides is 1. The first kappa shape index (κ1) is 23.4. The smallest absolute Gasteiger partial charge is 0.306 e. The lowest BCUT2D eigenvalue weighted by Crippen LogP contribution is -2.31. The summed E-state index contributed by atoms with van der Waals surface area (Å²) in [4.78, 5) is 23.1. The van der Waals surface area contributed by atoms with Gasteiger partial charge in [0.15, 0.2) is 0 Å². The molecule has 1 amide bonds. The van der Waals surface area contributed by atoms with E-state index in [1.165, 1.54) is 39.8 Å². The van der Waals surface area contributed by atoms with E-state index in [4.69, 9.17) is 4.74 Å². The van der Waals surface area contributed by atoms with E-state index < -0.39 is 0 Å². The van der Waals surface area contributed by atoms with Gasteiger partial charge in [0.25, 0.3) is 0 Å². The molecular formula is C26H31N3O3. The molecule has 0 atom stereocenters. The van der Waals surface area contributed by atoms with E-state index >= 15 is 0 Å². The van der Waals surface area contributed by atoms with Crippen LogP contribution in [0.3, 0.4) is 0 Å². The number of esters is 1. The van der Waals surface area contributed by atoms with Crippen molar-refractivity contribution in [1.82, 2.24) is 16.0 Å². The number of hydrogen-bond acceptors (Lipinski definition) is 5. The van der Waals surface area contributed by atoms with E-state index in [2.05, 4.69) is 71.1 Å². The van der Waals surface area contributed by atoms with Crippen molar-refractivity contribution in [3.8, 4) is 0 Å². The normalized spacial score (nSPS) is 10.9. The minimum atomic E-state index is -0.215. The molecule has 3 rings (SSSR count). The summed E-state index contributed by atoms with van der Waals surface area (Å²) in [5.74, 6) is -0.333. The van der Waals surface area contributed by atoms with Crippen molar-refractivity contribution in [2.75, 3.05) is 26.7 Å². The molecule has 0 spiro atoms. The third kappa shape index (κ3) is 5.72. The maximum absolute atomic E-state index is 11.7. The number of nitrogens with one attached hydrogen (secondary N) is 3.